The van der Waals surface area contributed by atoms with Crippen molar-refractivity contribution < 1.29 is 28.5 Å². The SMILES string of the molecule is CCOc1ccccc1Nc1cc2nc(C)c([C@H](OC(C)(C)C)C(=O)O)c(-c3cc(F)c4c(c3C)CCCO4)n2n1. The molecule has 10 heteroatoms. The number of rotatable bonds is 8. The summed E-state index contributed by atoms with van der Waals surface area (Å²) in [6, 6.07) is 10.7. The second-order valence-electron chi connectivity index (χ2n) is 11.1. The number of fused-ring (bicyclic) bond motifs is 2. The molecule has 0 unspecified atom stereocenters. The molecule has 2 aromatic carbocycles. The van der Waals surface area contributed by atoms with Gasteiger partial charge in [0, 0.05) is 28.5 Å². The molecule has 0 radical (unpaired) electrons. The van der Waals surface area contributed by atoms with Crippen LogP contribution in [0.5, 0.6) is 11.5 Å². The molecule has 4 aromatic rings. The molecule has 1 aliphatic rings. The molecule has 0 bridgehead atoms. The van der Waals surface area contributed by atoms with Crippen molar-refractivity contribution in [1.82, 2.24) is 14.6 Å². The van der Waals surface area contributed by atoms with E-state index in [1.54, 1.807) is 38.3 Å². The van der Waals surface area contributed by atoms with E-state index in [0.717, 1.165) is 17.5 Å². The number of halogens is 1. The van der Waals surface area contributed by atoms with Crippen LogP contribution in [0.2, 0.25) is 0 Å². The number of carboxylic acids is 1. The van der Waals surface area contributed by atoms with Gasteiger partial charge in [-0.05, 0) is 78.1 Å². The van der Waals surface area contributed by atoms with Crippen LogP contribution in [0.3, 0.4) is 0 Å². The molecule has 5 rings (SSSR count). The highest BCUT2D eigenvalue weighted by Crippen LogP contribution is 2.42. The molecule has 0 fully saturated rings. The van der Waals surface area contributed by atoms with Gasteiger partial charge in [0.25, 0.3) is 0 Å². The van der Waals surface area contributed by atoms with Crippen LogP contribution >= 0.6 is 0 Å². The maximum absolute atomic E-state index is 15.5. The maximum Gasteiger partial charge on any atom is 0.337 e. The molecule has 2 aromatic heterocycles. The zero-order valence-electron chi connectivity index (χ0n) is 24.2. The first-order valence-electron chi connectivity index (χ1n) is 13.7. The number of aryl methyl sites for hydroxylation is 1. The highest BCUT2D eigenvalue weighted by molar-refractivity contribution is 5.82. The lowest BCUT2D eigenvalue weighted by Gasteiger charge is -2.28. The number of carboxylic acid groups (broad SMARTS) is 1. The van der Waals surface area contributed by atoms with Gasteiger partial charge >= 0.3 is 5.97 Å². The van der Waals surface area contributed by atoms with Gasteiger partial charge in [0.15, 0.2) is 29.1 Å². The number of benzene rings is 2. The molecule has 9 nitrogen and oxygen atoms in total. The molecule has 1 aliphatic heterocycles. The topological polar surface area (TPSA) is 107 Å². The smallest absolute Gasteiger partial charge is 0.337 e. The summed E-state index contributed by atoms with van der Waals surface area (Å²) in [7, 11) is 0. The van der Waals surface area contributed by atoms with Gasteiger partial charge in [0.2, 0.25) is 0 Å². The molecule has 0 amide bonds. The average molecular weight is 563 g/mol. The number of ether oxygens (including phenoxy) is 3. The average Bonchev–Trinajstić information content (AvgIpc) is 3.31. The van der Waals surface area contributed by atoms with Crippen molar-refractivity contribution in [3.05, 3.63) is 64.6 Å². The Balaban J connectivity index is 1.78. The Labute approximate surface area is 238 Å². The third-order valence-electron chi connectivity index (χ3n) is 6.93. The summed E-state index contributed by atoms with van der Waals surface area (Å²) in [5.74, 6) is -0.313. The summed E-state index contributed by atoms with van der Waals surface area (Å²) < 4.78 is 34.6. The second-order valence-corrected chi connectivity index (χ2v) is 11.1. The van der Waals surface area contributed by atoms with Crippen molar-refractivity contribution in [3.8, 4) is 22.8 Å². The standard InChI is InChI=1S/C31H35FN4O5/c1-7-39-23-13-9-8-12-22(23)34-24-16-25-33-18(3)26(29(30(37)38)41-31(4,5)6)27(36(25)35-24)20-15-21(32)28-19(17(20)2)11-10-14-40-28/h8-9,12-13,15-16,29H,7,10-11,14H2,1-6H3,(H,34,35)(H,37,38)/t29-/m0/s1. The fourth-order valence-electron chi connectivity index (χ4n) is 5.25. The number of para-hydroxylation sites is 2. The minimum atomic E-state index is -1.38. The summed E-state index contributed by atoms with van der Waals surface area (Å²) in [5.41, 5.74) is 3.61. The molecular formula is C31H35FN4O5. The fourth-order valence-corrected chi connectivity index (χ4v) is 5.25. The highest BCUT2D eigenvalue weighted by atomic mass is 19.1. The minimum absolute atomic E-state index is 0.247. The molecule has 3 heterocycles. The van der Waals surface area contributed by atoms with E-state index in [1.807, 2.05) is 38.1 Å². The summed E-state index contributed by atoms with van der Waals surface area (Å²) in [6.45, 7) is 11.9. The third kappa shape index (κ3) is 5.56. The molecule has 216 valence electrons. The zero-order chi connectivity index (χ0) is 29.5. The van der Waals surface area contributed by atoms with Crippen molar-refractivity contribution in [3.63, 3.8) is 0 Å². The number of hydrogen-bond acceptors (Lipinski definition) is 7. The van der Waals surface area contributed by atoms with Gasteiger partial charge in [-0.15, -0.1) is 5.10 Å². The first-order chi connectivity index (χ1) is 19.5. The van der Waals surface area contributed by atoms with E-state index in [-0.39, 0.29) is 5.75 Å². The van der Waals surface area contributed by atoms with E-state index in [1.165, 1.54) is 6.07 Å². The number of hydrogen-bond donors (Lipinski definition) is 2. The van der Waals surface area contributed by atoms with Crippen molar-refractivity contribution >= 4 is 23.1 Å². The van der Waals surface area contributed by atoms with E-state index in [4.69, 9.17) is 24.3 Å². The lowest BCUT2D eigenvalue weighted by Crippen LogP contribution is -2.29. The van der Waals surface area contributed by atoms with Gasteiger partial charge < -0.3 is 24.6 Å². The lowest BCUT2D eigenvalue weighted by atomic mass is 9.91. The highest BCUT2D eigenvalue weighted by Gasteiger charge is 2.34. The second kappa shape index (κ2) is 11.0. The maximum atomic E-state index is 15.5. The number of aliphatic carboxylic acids is 1. The summed E-state index contributed by atoms with van der Waals surface area (Å²) in [5, 5.41) is 18.4. The van der Waals surface area contributed by atoms with Crippen molar-refractivity contribution in [2.75, 3.05) is 18.5 Å². The molecule has 2 N–H and O–H groups in total. The van der Waals surface area contributed by atoms with Gasteiger partial charge in [-0.1, -0.05) is 12.1 Å². The van der Waals surface area contributed by atoms with Crippen LogP contribution in [0.4, 0.5) is 15.9 Å². The fraction of sp³-hybridized carbons (Fsp3) is 0.387. The minimum Gasteiger partial charge on any atom is -0.492 e. The van der Waals surface area contributed by atoms with E-state index in [0.29, 0.717) is 65.1 Å². The van der Waals surface area contributed by atoms with Gasteiger partial charge in [-0.2, -0.15) is 0 Å². The predicted molar refractivity (Wildman–Crippen MR) is 154 cm³/mol. The molecule has 0 aliphatic carbocycles. The van der Waals surface area contributed by atoms with Crippen LogP contribution in [0, 0.1) is 19.7 Å². The van der Waals surface area contributed by atoms with Crippen molar-refractivity contribution in [2.24, 2.45) is 0 Å². The number of aromatic nitrogens is 3. The van der Waals surface area contributed by atoms with Crippen LogP contribution in [-0.4, -0.2) is 44.5 Å². The van der Waals surface area contributed by atoms with Crippen LogP contribution < -0.4 is 14.8 Å². The zero-order valence-corrected chi connectivity index (χ0v) is 24.2. The Morgan fingerprint density at radius 3 is 2.71 bits per heavy atom. The van der Waals surface area contributed by atoms with Crippen LogP contribution in [0.25, 0.3) is 16.9 Å². The van der Waals surface area contributed by atoms with Gasteiger partial charge in [-0.3, -0.25) is 0 Å². The Bertz CT molecular complexity index is 1630. The molecule has 0 spiro atoms. The Morgan fingerprint density at radius 1 is 1.24 bits per heavy atom. The molecule has 0 saturated heterocycles. The number of nitrogens with one attached hydrogen (secondary N) is 1. The number of anilines is 2. The van der Waals surface area contributed by atoms with Crippen LogP contribution in [0.15, 0.2) is 36.4 Å². The predicted octanol–water partition coefficient (Wildman–Crippen LogP) is 6.56. The molecule has 1 atom stereocenters. The van der Waals surface area contributed by atoms with Gasteiger partial charge in [0.1, 0.15) is 5.75 Å². The Hall–Kier alpha value is -4.18. The molecule has 41 heavy (non-hydrogen) atoms. The normalized spacial score (nSPS) is 13.9. The van der Waals surface area contributed by atoms with E-state index in [9.17, 15) is 9.90 Å². The van der Waals surface area contributed by atoms with E-state index < -0.39 is 23.5 Å². The number of carbonyl (C=O) groups is 1. The Morgan fingerprint density at radius 2 is 2.00 bits per heavy atom. The summed E-state index contributed by atoms with van der Waals surface area (Å²) in [4.78, 5) is 17.4. The Kier molecular flexibility index (Phi) is 7.61. The molecular weight excluding hydrogens is 527 g/mol. The van der Waals surface area contributed by atoms with Gasteiger partial charge in [-0.25, -0.2) is 18.7 Å². The summed E-state index contributed by atoms with van der Waals surface area (Å²) >= 11 is 0. The lowest BCUT2D eigenvalue weighted by molar-refractivity contribution is -0.160. The first kappa shape index (κ1) is 28.4. The number of nitrogens with zero attached hydrogens (tertiary/aromatic N) is 3. The first-order valence-corrected chi connectivity index (χ1v) is 13.7. The largest absolute Gasteiger partial charge is 0.492 e. The van der Waals surface area contributed by atoms with Crippen molar-refractivity contribution in [2.45, 2.75) is 66.1 Å². The summed E-state index contributed by atoms with van der Waals surface area (Å²) in [6.07, 6.45) is 0.0278. The quantitative estimate of drug-likeness (QED) is 0.249. The van der Waals surface area contributed by atoms with Crippen LogP contribution in [-0.2, 0) is 16.0 Å². The third-order valence-corrected chi connectivity index (χ3v) is 6.93. The van der Waals surface area contributed by atoms with E-state index >= 15 is 4.39 Å². The monoisotopic (exact) mass is 562 g/mol. The van der Waals surface area contributed by atoms with Crippen LogP contribution in [0.1, 0.15) is 62.6 Å². The van der Waals surface area contributed by atoms with Crippen molar-refractivity contribution in [1.29, 1.82) is 0 Å². The van der Waals surface area contributed by atoms with Gasteiger partial charge in [0.05, 0.1) is 30.2 Å². The van der Waals surface area contributed by atoms with E-state index in [2.05, 4.69) is 5.32 Å². The molecule has 0 saturated carbocycles.